The number of rotatable bonds is 22. The largest absolute Gasteiger partial charge is 0.490 e. The Morgan fingerprint density at radius 2 is 1.64 bits per heavy atom. The molecule has 15 heteroatoms. The van der Waals surface area contributed by atoms with Crippen LogP contribution in [0.25, 0.3) is 0 Å². The minimum atomic E-state index is -1.94. The van der Waals surface area contributed by atoms with Crippen molar-refractivity contribution in [3.63, 3.8) is 0 Å². The van der Waals surface area contributed by atoms with Gasteiger partial charge in [-0.1, -0.05) is 89.6 Å². The van der Waals surface area contributed by atoms with E-state index in [2.05, 4.69) is 6.58 Å². The van der Waals surface area contributed by atoms with Gasteiger partial charge in [0.2, 0.25) is 5.76 Å². The van der Waals surface area contributed by atoms with Gasteiger partial charge in [0, 0.05) is 49.5 Å². The number of esters is 1. The van der Waals surface area contributed by atoms with Gasteiger partial charge in [0.25, 0.3) is 0 Å². The number of carbonyl (C=O) groups is 2. The van der Waals surface area contributed by atoms with E-state index in [-0.39, 0.29) is 30.4 Å². The summed E-state index contributed by atoms with van der Waals surface area (Å²) in [6.07, 6.45) is 0.280. The van der Waals surface area contributed by atoms with Gasteiger partial charge in [-0.05, 0) is 53.0 Å². The molecule has 0 unspecified atom stereocenters. The Morgan fingerprint density at radius 1 is 1.00 bits per heavy atom. The number of nitrogens with two attached hydrogens (primary N) is 1. The number of hydrogen-bond acceptors (Lipinski definition) is 14. The third-order valence-corrected chi connectivity index (χ3v) is 12.5. The molecule has 1 amide bonds. The van der Waals surface area contributed by atoms with E-state index in [1.54, 1.807) is 58.9 Å². The summed E-state index contributed by atoms with van der Waals surface area (Å²) in [7, 11) is 2.79. The highest BCUT2D eigenvalue weighted by atomic mass is 16.7. The first kappa shape index (κ1) is 54.0. The molecule has 0 saturated carbocycles. The molecule has 0 bridgehead atoms. The van der Waals surface area contributed by atoms with Crippen molar-refractivity contribution in [2.75, 3.05) is 14.2 Å². The average Bonchev–Trinajstić information content (AvgIpc) is 3.19. The summed E-state index contributed by atoms with van der Waals surface area (Å²) in [6.45, 7) is 23.4. The van der Waals surface area contributed by atoms with Crippen LogP contribution in [0.4, 0.5) is 4.79 Å². The number of allylic oxidation sites excluding steroid dienone is 6. The van der Waals surface area contributed by atoms with Crippen LogP contribution in [0.2, 0.25) is 0 Å². The molecule has 0 aromatic rings. The fourth-order valence-electron chi connectivity index (χ4n) is 8.48. The third-order valence-electron chi connectivity index (χ3n) is 12.5. The van der Waals surface area contributed by atoms with Crippen molar-refractivity contribution < 1.29 is 68.3 Å². The van der Waals surface area contributed by atoms with Crippen molar-refractivity contribution in [2.24, 2.45) is 41.2 Å². The van der Waals surface area contributed by atoms with Gasteiger partial charge in [-0.15, -0.1) is 0 Å². The Morgan fingerprint density at radius 3 is 2.18 bits per heavy atom. The van der Waals surface area contributed by atoms with Crippen LogP contribution in [0, 0.1) is 35.5 Å². The topological polar surface area (TPSA) is 226 Å². The van der Waals surface area contributed by atoms with Gasteiger partial charge < -0.3 is 64.4 Å². The summed E-state index contributed by atoms with van der Waals surface area (Å²) < 4.78 is 40.7. The van der Waals surface area contributed by atoms with Gasteiger partial charge >= 0.3 is 12.1 Å². The lowest BCUT2D eigenvalue weighted by Crippen LogP contribution is -2.59. The number of primary amides is 1. The van der Waals surface area contributed by atoms with E-state index in [4.69, 9.17) is 38.9 Å². The van der Waals surface area contributed by atoms with Crippen molar-refractivity contribution in [1.82, 2.24) is 0 Å². The van der Waals surface area contributed by atoms with Crippen LogP contribution in [0.3, 0.4) is 0 Å². The second kappa shape index (κ2) is 24.7. The quantitative estimate of drug-likeness (QED) is 0.0270. The molecular weight excluding hydrogens is 790 g/mol. The van der Waals surface area contributed by atoms with Gasteiger partial charge in [-0.3, -0.25) is 0 Å². The molecule has 2 rings (SSSR count). The van der Waals surface area contributed by atoms with E-state index in [9.17, 15) is 35.1 Å². The standard InChI is InChI=1S/C46H77NO14/c1-15-17-24(3)19-26(5)39(49)29(8)40(50)27(6)20-25(4)21-36(56-14)44(52)59-42(32(11)55-13)30(9)41(51)31(10)46(54)23-37(28(7)35(61-46)18-16-2)58-38-22-34(48)43(33(12)57-38)60-45(47)53/h15-18,20-21,26-35,37-43,48-51,54H,1,19,22-23H2,2-14H3,(H2,47,53)/b18-16+,24-17+,25-20+,36-21-/t26-,27-,28-,29+,30+,31+,32+,33+,34+,35-,37-,38-,39+,40-,41-,42-,43+,46-/m1/s1. The highest BCUT2D eigenvalue weighted by Crippen LogP contribution is 2.42. The molecule has 2 fully saturated rings. The minimum absolute atomic E-state index is 0.0258. The fraction of sp³-hybridized carbons (Fsp3) is 0.739. The van der Waals surface area contributed by atoms with Crippen LogP contribution in [0.1, 0.15) is 95.4 Å². The van der Waals surface area contributed by atoms with Crippen LogP contribution in [0.15, 0.2) is 59.9 Å². The number of amides is 1. The van der Waals surface area contributed by atoms with Gasteiger partial charge in [-0.25, -0.2) is 9.59 Å². The summed E-state index contributed by atoms with van der Waals surface area (Å²) in [6, 6.07) is 0. The monoisotopic (exact) mass is 868 g/mol. The summed E-state index contributed by atoms with van der Waals surface area (Å²) >= 11 is 0. The van der Waals surface area contributed by atoms with E-state index in [0.29, 0.717) is 12.0 Å². The van der Waals surface area contributed by atoms with Crippen LogP contribution in [-0.2, 0) is 38.0 Å². The second-order valence-electron chi connectivity index (χ2n) is 17.4. The molecule has 0 aromatic carbocycles. The molecule has 7 N–H and O–H groups in total. The molecule has 2 saturated heterocycles. The van der Waals surface area contributed by atoms with E-state index in [1.807, 2.05) is 47.6 Å². The van der Waals surface area contributed by atoms with Crippen LogP contribution >= 0.6 is 0 Å². The molecule has 2 heterocycles. The predicted octanol–water partition coefficient (Wildman–Crippen LogP) is 5.23. The smallest absolute Gasteiger partial charge is 0.404 e. The lowest BCUT2D eigenvalue weighted by molar-refractivity contribution is -0.338. The van der Waals surface area contributed by atoms with Crippen molar-refractivity contribution >= 4 is 12.1 Å². The molecular formula is C46H77NO14. The highest BCUT2D eigenvalue weighted by molar-refractivity contribution is 5.87. The van der Waals surface area contributed by atoms with Gasteiger partial charge in [-0.2, -0.15) is 0 Å². The summed E-state index contributed by atoms with van der Waals surface area (Å²) in [5.41, 5.74) is 6.87. The molecule has 2 aliphatic rings. The zero-order chi connectivity index (χ0) is 46.5. The number of methoxy groups -OCH3 is 2. The SMILES string of the molecule is C=C/C=C(\C)C[C@@H](C)[C@H](O)[C@H](C)[C@H](O)[C@H](C)/C=C(C)/C=C(\OC)C(=O)O[C@H]([C@@H](C)[C@@H](O)[C@H](C)[C@@]1(O)C[C@@H](O[C@@H]2C[C@H](O)[C@@H](OC(N)=O)[C@H](C)O2)[C@H](C)[C@@H](/C=C/C)O1)[C@H](C)OC. The Bertz CT molecular complexity index is 1520. The van der Waals surface area contributed by atoms with E-state index >= 15 is 0 Å². The van der Waals surface area contributed by atoms with Crippen LogP contribution in [0.5, 0.6) is 0 Å². The lowest BCUT2D eigenvalue weighted by atomic mass is 9.77. The van der Waals surface area contributed by atoms with Crippen LogP contribution < -0.4 is 5.73 Å². The molecule has 15 nitrogen and oxygen atoms in total. The van der Waals surface area contributed by atoms with Crippen LogP contribution in [-0.4, -0.2) is 125 Å². The number of hydrogen-bond donors (Lipinski definition) is 6. The maximum atomic E-state index is 13.7. The van der Waals surface area contributed by atoms with Gasteiger partial charge in [0.1, 0.15) is 6.10 Å². The first-order valence-corrected chi connectivity index (χ1v) is 21.4. The maximum absolute atomic E-state index is 13.7. The molecule has 0 aliphatic carbocycles. The molecule has 61 heavy (non-hydrogen) atoms. The molecule has 2 aliphatic heterocycles. The maximum Gasteiger partial charge on any atom is 0.404 e. The Kier molecular flexibility index (Phi) is 21.8. The Labute approximate surface area is 363 Å². The number of carbonyl (C=O) groups excluding carboxylic acids is 2. The third kappa shape index (κ3) is 15.0. The van der Waals surface area contributed by atoms with E-state index in [0.717, 1.165) is 5.57 Å². The fourth-order valence-corrected chi connectivity index (χ4v) is 8.48. The lowest BCUT2D eigenvalue weighted by Gasteiger charge is -2.49. The Balaban J connectivity index is 2.27. The van der Waals surface area contributed by atoms with Crippen molar-refractivity contribution in [3.05, 3.63) is 59.9 Å². The second-order valence-corrected chi connectivity index (χ2v) is 17.4. The molecule has 18 atom stereocenters. The first-order chi connectivity index (χ1) is 28.5. The van der Waals surface area contributed by atoms with Crippen molar-refractivity contribution in [1.29, 1.82) is 0 Å². The molecule has 0 spiro atoms. The number of aliphatic hydroxyl groups excluding tert-OH is 4. The minimum Gasteiger partial charge on any atom is -0.490 e. The van der Waals surface area contributed by atoms with Gasteiger partial charge in [0.05, 0.1) is 55.9 Å². The zero-order valence-electron chi connectivity index (χ0n) is 38.6. The van der Waals surface area contributed by atoms with E-state index in [1.165, 1.54) is 20.3 Å². The Hall–Kier alpha value is -3.12. The number of ether oxygens (including phenoxy) is 7. The predicted molar refractivity (Wildman–Crippen MR) is 230 cm³/mol. The molecule has 0 aromatic heterocycles. The molecule has 350 valence electrons. The highest BCUT2D eigenvalue weighted by Gasteiger charge is 2.52. The van der Waals surface area contributed by atoms with E-state index < -0.39 is 109 Å². The molecule has 0 radical (unpaired) electrons. The number of aliphatic hydroxyl groups is 5. The average molecular weight is 868 g/mol. The normalized spacial score (nSPS) is 31.8. The van der Waals surface area contributed by atoms with Crippen molar-refractivity contribution in [2.45, 2.75) is 169 Å². The summed E-state index contributed by atoms with van der Waals surface area (Å²) in [5.74, 6) is -5.87. The van der Waals surface area contributed by atoms with Gasteiger partial charge in [0.15, 0.2) is 18.2 Å². The summed E-state index contributed by atoms with van der Waals surface area (Å²) in [5, 5.41) is 57.0. The zero-order valence-corrected chi connectivity index (χ0v) is 38.6. The summed E-state index contributed by atoms with van der Waals surface area (Å²) in [4.78, 5) is 25.1. The first-order valence-electron chi connectivity index (χ1n) is 21.4. The van der Waals surface area contributed by atoms with Crippen molar-refractivity contribution in [3.8, 4) is 0 Å².